The molecule has 1 aliphatic rings. The van der Waals surface area contributed by atoms with Gasteiger partial charge in [-0.3, -0.25) is 0 Å². The molecule has 1 N–H and O–H groups in total. The molecule has 2 atom stereocenters. The zero-order valence-electron chi connectivity index (χ0n) is 13.0. The van der Waals surface area contributed by atoms with E-state index >= 15 is 0 Å². The molecule has 1 aromatic carbocycles. The average molecular weight is 283 g/mol. The molecule has 0 bridgehead atoms. The lowest BCUT2D eigenvalue weighted by Gasteiger charge is -2.29. The summed E-state index contributed by atoms with van der Waals surface area (Å²) in [6.45, 7) is 3.15. The van der Waals surface area contributed by atoms with Gasteiger partial charge in [0.1, 0.15) is 5.82 Å². The zero-order chi connectivity index (χ0) is 14.7. The van der Waals surface area contributed by atoms with Gasteiger partial charge in [0.25, 0.3) is 0 Å². The number of imidazole rings is 1. The normalized spacial score (nSPS) is 19.2. The van der Waals surface area contributed by atoms with E-state index in [4.69, 9.17) is 0 Å². The van der Waals surface area contributed by atoms with Crippen molar-refractivity contribution in [3.8, 4) is 0 Å². The number of aromatic nitrogens is 2. The molecule has 3 heteroatoms. The second kappa shape index (κ2) is 6.44. The smallest absolute Gasteiger partial charge is 0.125 e. The minimum atomic E-state index is 0.339. The van der Waals surface area contributed by atoms with Crippen LogP contribution in [0.1, 0.15) is 55.1 Å². The van der Waals surface area contributed by atoms with Gasteiger partial charge in [-0.15, -0.1) is 0 Å². The first-order valence-corrected chi connectivity index (χ1v) is 8.08. The van der Waals surface area contributed by atoms with Gasteiger partial charge in [0.15, 0.2) is 0 Å². The van der Waals surface area contributed by atoms with Crippen LogP contribution in [-0.2, 0) is 13.5 Å². The lowest BCUT2D eigenvalue weighted by Crippen LogP contribution is -2.26. The first-order chi connectivity index (χ1) is 10.3. The highest BCUT2D eigenvalue weighted by Gasteiger charge is 2.25. The van der Waals surface area contributed by atoms with Gasteiger partial charge in [-0.05, 0) is 49.3 Å². The molecule has 0 spiro atoms. The Labute approximate surface area is 127 Å². The molecule has 112 valence electrons. The van der Waals surface area contributed by atoms with Crippen molar-refractivity contribution < 1.29 is 0 Å². The van der Waals surface area contributed by atoms with Crippen molar-refractivity contribution in [1.29, 1.82) is 0 Å². The lowest BCUT2D eigenvalue weighted by atomic mass is 9.79. The lowest BCUT2D eigenvalue weighted by molar-refractivity contribution is 0.406. The predicted molar refractivity (Wildman–Crippen MR) is 86.4 cm³/mol. The third-order valence-electron chi connectivity index (χ3n) is 4.63. The maximum Gasteiger partial charge on any atom is 0.125 e. The maximum atomic E-state index is 4.56. The molecule has 0 fully saturated rings. The largest absolute Gasteiger partial charge is 0.337 e. The summed E-state index contributed by atoms with van der Waals surface area (Å²) >= 11 is 0. The molecule has 0 saturated heterocycles. The van der Waals surface area contributed by atoms with E-state index in [-0.39, 0.29) is 0 Å². The number of aryl methyl sites for hydroxylation is 2. The number of benzene rings is 1. The average Bonchev–Trinajstić information content (AvgIpc) is 2.93. The summed E-state index contributed by atoms with van der Waals surface area (Å²) in [7, 11) is 2.08. The van der Waals surface area contributed by atoms with Gasteiger partial charge in [-0.2, -0.15) is 0 Å². The van der Waals surface area contributed by atoms with E-state index in [2.05, 4.69) is 53.1 Å². The Bertz CT molecular complexity index is 588. The Morgan fingerprint density at radius 3 is 3.00 bits per heavy atom. The minimum absolute atomic E-state index is 0.339. The topological polar surface area (TPSA) is 29.9 Å². The zero-order valence-corrected chi connectivity index (χ0v) is 13.0. The van der Waals surface area contributed by atoms with Gasteiger partial charge in [0.2, 0.25) is 0 Å². The summed E-state index contributed by atoms with van der Waals surface area (Å²) in [5.41, 5.74) is 3.10. The maximum absolute atomic E-state index is 4.56. The van der Waals surface area contributed by atoms with E-state index in [0.29, 0.717) is 12.0 Å². The summed E-state index contributed by atoms with van der Waals surface area (Å²) in [6, 6.07) is 9.30. The van der Waals surface area contributed by atoms with Crippen LogP contribution in [-0.4, -0.2) is 16.1 Å². The van der Waals surface area contributed by atoms with Crippen LogP contribution in [0.5, 0.6) is 0 Å². The molecular weight excluding hydrogens is 258 g/mol. The number of rotatable bonds is 5. The predicted octanol–water partition coefficient (Wildman–Crippen LogP) is 3.58. The second-order valence-electron chi connectivity index (χ2n) is 6.03. The summed E-state index contributed by atoms with van der Waals surface area (Å²) in [4.78, 5) is 4.56. The van der Waals surface area contributed by atoms with Crippen LogP contribution in [0.2, 0.25) is 0 Å². The van der Waals surface area contributed by atoms with Crippen LogP contribution in [0.25, 0.3) is 0 Å². The molecule has 0 radical (unpaired) electrons. The van der Waals surface area contributed by atoms with E-state index in [9.17, 15) is 0 Å². The Morgan fingerprint density at radius 1 is 1.38 bits per heavy atom. The monoisotopic (exact) mass is 283 g/mol. The molecule has 2 unspecified atom stereocenters. The Hall–Kier alpha value is -1.61. The molecule has 3 rings (SSSR count). The number of hydrogen-bond donors (Lipinski definition) is 1. The fraction of sp³-hybridized carbons (Fsp3) is 0.500. The van der Waals surface area contributed by atoms with Crippen molar-refractivity contribution in [2.45, 2.75) is 44.6 Å². The van der Waals surface area contributed by atoms with E-state index in [1.807, 2.05) is 12.4 Å². The fourth-order valence-corrected chi connectivity index (χ4v) is 3.62. The standard InChI is InChI=1S/C18H25N3/c1-3-19-17(18-20-11-12-21(18)2)13-15-9-6-8-14-7-4-5-10-16(14)15/h4-5,7,10-12,15,17,19H,3,6,8-9,13H2,1-2H3. The molecule has 2 aromatic rings. The van der Waals surface area contributed by atoms with Crippen LogP contribution >= 0.6 is 0 Å². The number of nitrogens with one attached hydrogen (secondary N) is 1. The van der Waals surface area contributed by atoms with Gasteiger partial charge in [-0.25, -0.2) is 4.98 Å². The van der Waals surface area contributed by atoms with Gasteiger partial charge < -0.3 is 9.88 Å². The molecule has 0 saturated carbocycles. The van der Waals surface area contributed by atoms with Crippen molar-refractivity contribution in [2.24, 2.45) is 7.05 Å². The molecule has 3 nitrogen and oxygen atoms in total. The van der Waals surface area contributed by atoms with Crippen molar-refractivity contribution in [2.75, 3.05) is 6.54 Å². The van der Waals surface area contributed by atoms with E-state index in [1.165, 1.54) is 19.3 Å². The van der Waals surface area contributed by atoms with E-state index in [0.717, 1.165) is 18.8 Å². The number of nitrogens with zero attached hydrogens (tertiary/aromatic N) is 2. The Balaban J connectivity index is 1.83. The molecule has 1 aliphatic carbocycles. The first kappa shape index (κ1) is 14.3. The highest BCUT2D eigenvalue weighted by molar-refractivity contribution is 5.32. The SMILES string of the molecule is CCNC(CC1CCCc2ccccc21)c1nccn1C. The Kier molecular flexibility index (Phi) is 4.39. The van der Waals surface area contributed by atoms with Gasteiger partial charge in [0, 0.05) is 19.4 Å². The van der Waals surface area contributed by atoms with Gasteiger partial charge in [-0.1, -0.05) is 31.2 Å². The summed E-state index contributed by atoms with van der Waals surface area (Å²) in [6.07, 6.45) is 8.91. The van der Waals surface area contributed by atoms with E-state index in [1.54, 1.807) is 11.1 Å². The fourth-order valence-electron chi connectivity index (χ4n) is 3.62. The third kappa shape index (κ3) is 3.03. The number of fused-ring (bicyclic) bond motifs is 1. The summed E-state index contributed by atoms with van der Waals surface area (Å²) in [5.74, 6) is 1.80. The van der Waals surface area contributed by atoms with Crippen LogP contribution in [0.15, 0.2) is 36.7 Å². The van der Waals surface area contributed by atoms with E-state index < -0.39 is 0 Å². The number of hydrogen-bond acceptors (Lipinski definition) is 2. The quantitative estimate of drug-likeness (QED) is 0.909. The van der Waals surface area contributed by atoms with Crippen LogP contribution < -0.4 is 5.32 Å². The molecule has 0 aliphatic heterocycles. The molecule has 1 heterocycles. The van der Waals surface area contributed by atoms with Crippen LogP contribution in [0.4, 0.5) is 0 Å². The Morgan fingerprint density at radius 2 is 2.24 bits per heavy atom. The molecular formula is C18H25N3. The minimum Gasteiger partial charge on any atom is -0.337 e. The molecule has 21 heavy (non-hydrogen) atoms. The van der Waals surface area contributed by atoms with Crippen LogP contribution in [0.3, 0.4) is 0 Å². The van der Waals surface area contributed by atoms with Gasteiger partial charge >= 0.3 is 0 Å². The highest BCUT2D eigenvalue weighted by Crippen LogP contribution is 2.37. The van der Waals surface area contributed by atoms with Crippen molar-refractivity contribution in [1.82, 2.24) is 14.9 Å². The van der Waals surface area contributed by atoms with Crippen molar-refractivity contribution in [3.63, 3.8) is 0 Å². The van der Waals surface area contributed by atoms with Crippen molar-refractivity contribution in [3.05, 3.63) is 53.6 Å². The highest BCUT2D eigenvalue weighted by atomic mass is 15.1. The summed E-state index contributed by atoms with van der Waals surface area (Å²) in [5, 5.41) is 3.62. The molecule has 0 amide bonds. The van der Waals surface area contributed by atoms with Crippen LogP contribution in [0, 0.1) is 0 Å². The second-order valence-corrected chi connectivity index (χ2v) is 6.03. The van der Waals surface area contributed by atoms with Crippen molar-refractivity contribution >= 4 is 0 Å². The van der Waals surface area contributed by atoms with Gasteiger partial charge in [0.05, 0.1) is 6.04 Å². The first-order valence-electron chi connectivity index (χ1n) is 8.08. The summed E-state index contributed by atoms with van der Waals surface area (Å²) < 4.78 is 2.14. The third-order valence-corrected chi connectivity index (χ3v) is 4.63. The molecule has 1 aromatic heterocycles.